The highest BCUT2D eigenvalue weighted by atomic mass is 32.2. The maximum atomic E-state index is 12.3. The number of aliphatic hydroxyl groups is 1. The number of ether oxygens (including phenoxy) is 1. The fourth-order valence-corrected chi connectivity index (χ4v) is 3.65. The molecule has 1 aromatic carbocycles. The van der Waals surface area contributed by atoms with Crippen LogP contribution < -0.4 is 9.46 Å². The molecule has 0 unspecified atom stereocenters. The van der Waals surface area contributed by atoms with Crippen molar-refractivity contribution < 1.29 is 18.3 Å². The zero-order valence-corrected chi connectivity index (χ0v) is 13.0. The van der Waals surface area contributed by atoms with Crippen molar-refractivity contribution in [2.24, 2.45) is 5.92 Å². The first kappa shape index (κ1) is 16.2. The van der Waals surface area contributed by atoms with Gasteiger partial charge in [-0.25, -0.2) is 0 Å². The molecule has 1 aliphatic heterocycles. The summed E-state index contributed by atoms with van der Waals surface area (Å²) in [5.74, 6) is 0.879. The zero-order chi connectivity index (χ0) is 15.3. The number of benzene rings is 1. The lowest BCUT2D eigenvalue weighted by molar-refractivity contribution is 0.169. The summed E-state index contributed by atoms with van der Waals surface area (Å²) in [7, 11) is -1.93. The molecule has 0 amide bonds. The number of para-hydroxylation sites is 1. The van der Waals surface area contributed by atoms with Crippen LogP contribution in [0.1, 0.15) is 18.4 Å². The number of aliphatic hydroxyl groups excluding tert-OH is 1. The molecule has 6 nitrogen and oxygen atoms in total. The van der Waals surface area contributed by atoms with Gasteiger partial charge in [-0.1, -0.05) is 18.2 Å². The number of nitrogens with zero attached hydrogens (tertiary/aromatic N) is 1. The van der Waals surface area contributed by atoms with E-state index in [0.29, 0.717) is 31.7 Å². The van der Waals surface area contributed by atoms with Gasteiger partial charge in [-0.3, -0.25) is 0 Å². The molecule has 0 aromatic heterocycles. The summed E-state index contributed by atoms with van der Waals surface area (Å²) in [6, 6.07) is 7.32. The Bertz CT molecular complexity index is 554. The average Bonchev–Trinajstić information content (AvgIpc) is 2.53. The van der Waals surface area contributed by atoms with E-state index < -0.39 is 10.2 Å². The van der Waals surface area contributed by atoms with Gasteiger partial charge in [0, 0.05) is 31.8 Å². The van der Waals surface area contributed by atoms with Crippen LogP contribution in [0.15, 0.2) is 24.3 Å². The molecule has 2 N–H and O–H groups in total. The summed E-state index contributed by atoms with van der Waals surface area (Å²) < 4.78 is 33.8. The van der Waals surface area contributed by atoms with E-state index in [-0.39, 0.29) is 19.1 Å². The minimum Gasteiger partial charge on any atom is -0.496 e. The molecule has 7 heteroatoms. The van der Waals surface area contributed by atoms with Crippen LogP contribution in [-0.2, 0) is 16.8 Å². The highest BCUT2D eigenvalue weighted by Crippen LogP contribution is 2.20. The molecule has 0 saturated carbocycles. The molecule has 2 rings (SSSR count). The number of methoxy groups -OCH3 is 1. The Hall–Kier alpha value is -1.15. The third-order valence-corrected chi connectivity index (χ3v) is 5.36. The number of rotatable bonds is 6. The first-order valence-corrected chi connectivity index (χ1v) is 8.48. The molecule has 1 saturated heterocycles. The summed E-state index contributed by atoms with van der Waals surface area (Å²) in [6.45, 7) is 1.23. The van der Waals surface area contributed by atoms with Gasteiger partial charge in [0.15, 0.2) is 0 Å². The number of piperidine rings is 1. The lowest BCUT2D eigenvalue weighted by atomic mass is 10.00. The Morgan fingerprint density at radius 3 is 2.62 bits per heavy atom. The maximum Gasteiger partial charge on any atom is 0.279 e. The lowest BCUT2D eigenvalue weighted by Gasteiger charge is -2.30. The van der Waals surface area contributed by atoms with E-state index in [1.807, 2.05) is 18.2 Å². The standard InChI is InChI=1S/C14H22N2O4S/c1-20-14-5-3-2-4-13(14)10-15-21(18,19)16-8-6-12(11-17)7-9-16/h2-5,12,15,17H,6-11H2,1H3. The Morgan fingerprint density at radius 2 is 2.00 bits per heavy atom. The van der Waals surface area contributed by atoms with E-state index >= 15 is 0 Å². The van der Waals surface area contributed by atoms with Crippen molar-refractivity contribution in [1.29, 1.82) is 0 Å². The van der Waals surface area contributed by atoms with Crippen molar-refractivity contribution >= 4 is 10.2 Å². The summed E-state index contributed by atoms with van der Waals surface area (Å²) in [4.78, 5) is 0. The fourth-order valence-electron chi connectivity index (χ4n) is 2.44. The van der Waals surface area contributed by atoms with Crippen molar-refractivity contribution in [2.75, 3.05) is 26.8 Å². The van der Waals surface area contributed by atoms with E-state index in [9.17, 15) is 8.42 Å². The topological polar surface area (TPSA) is 78.9 Å². The number of nitrogens with one attached hydrogen (secondary N) is 1. The van der Waals surface area contributed by atoms with E-state index in [0.717, 1.165) is 5.56 Å². The van der Waals surface area contributed by atoms with Crippen LogP contribution in [0.2, 0.25) is 0 Å². The molecule has 0 spiro atoms. The third kappa shape index (κ3) is 4.16. The highest BCUT2D eigenvalue weighted by Gasteiger charge is 2.27. The Kier molecular flexibility index (Phi) is 5.58. The van der Waals surface area contributed by atoms with Crippen LogP contribution in [-0.4, -0.2) is 44.6 Å². The van der Waals surface area contributed by atoms with E-state index in [4.69, 9.17) is 9.84 Å². The van der Waals surface area contributed by atoms with Gasteiger partial charge in [0.05, 0.1) is 7.11 Å². The van der Waals surface area contributed by atoms with Crippen molar-refractivity contribution in [1.82, 2.24) is 9.03 Å². The van der Waals surface area contributed by atoms with E-state index in [1.165, 1.54) is 4.31 Å². The smallest absolute Gasteiger partial charge is 0.279 e. The molecular formula is C14H22N2O4S. The highest BCUT2D eigenvalue weighted by molar-refractivity contribution is 7.87. The molecule has 1 aromatic rings. The summed E-state index contributed by atoms with van der Waals surface area (Å²) in [6.07, 6.45) is 1.40. The minimum atomic E-state index is -3.49. The summed E-state index contributed by atoms with van der Waals surface area (Å²) >= 11 is 0. The normalized spacial score (nSPS) is 17.8. The molecule has 1 fully saturated rings. The quantitative estimate of drug-likeness (QED) is 0.811. The van der Waals surface area contributed by atoms with Crippen LogP contribution in [0.5, 0.6) is 5.75 Å². The van der Waals surface area contributed by atoms with Gasteiger partial charge in [-0.2, -0.15) is 17.4 Å². The summed E-state index contributed by atoms with van der Waals surface area (Å²) in [5, 5.41) is 9.09. The van der Waals surface area contributed by atoms with Crippen molar-refractivity contribution in [3.05, 3.63) is 29.8 Å². The van der Waals surface area contributed by atoms with Gasteiger partial charge in [0.25, 0.3) is 10.2 Å². The van der Waals surface area contributed by atoms with Crippen molar-refractivity contribution in [2.45, 2.75) is 19.4 Å². The second-order valence-corrected chi connectivity index (χ2v) is 6.92. The van der Waals surface area contributed by atoms with Crippen LogP contribution in [0.4, 0.5) is 0 Å². The van der Waals surface area contributed by atoms with Gasteiger partial charge < -0.3 is 9.84 Å². The van der Waals surface area contributed by atoms with Crippen LogP contribution in [0, 0.1) is 5.92 Å². The SMILES string of the molecule is COc1ccccc1CNS(=O)(=O)N1CCC(CO)CC1. The fraction of sp³-hybridized carbons (Fsp3) is 0.571. The molecule has 0 radical (unpaired) electrons. The zero-order valence-electron chi connectivity index (χ0n) is 12.2. The largest absolute Gasteiger partial charge is 0.496 e. The molecule has 1 heterocycles. The average molecular weight is 314 g/mol. The minimum absolute atomic E-state index is 0.128. The predicted molar refractivity (Wildman–Crippen MR) is 80.1 cm³/mol. The van der Waals surface area contributed by atoms with Crippen molar-refractivity contribution in [3.8, 4) is 5.75 Å². The monoisotopic (exact) mass is 314 g/mol. The van der Waals surface area contributed by atoms with Gasteiger partial charge in [-0.15, -0.1) is 0 Å². The Morgan fingerprint density at radius 1 is 1.33 bits per heavy atom. The molecule has 1 aliphatic rings. The predicted octanol–water partition coefficient (Wildman–Crippen LogP) is 0.734. The first-order valence-electron chi connectivity index (χ1n) is 7.04. The molecule has 118 valence electrons. The Labute approximate surface area is 125 Å². The lowest BCUT2D eigenvalue weighted by Crippen LogP contribution is -2.45. The number of hydrogen-bond donors (Lipinski definition) is 2. The molecule has 0 aliphatic carbocycles. The van der Waals surface area contributed by atoms with Gasteiger partial charge >= 0.3 is 0 Å². The van der Waals surface area contributed by atoms with Crippen LogP contribution in [0.3, 0.4) is 0 Å². The van der Waals surface area contributed by atoms with Crippen LogP contribution >= 0.6 is 0 Å². The van der Waals surface area contributed by atoms with E-state index in [1.54, 1.807) is 13.2 Å². The van der Waals surface area contributed by atoms with Crippen LogP contribution in [0.25, 0.3) is 0 Å². The second-order valence-electron chi connectivity index (χ2n) is 5.16. The third-order valence-electron chi connectivity index (χ3n) is 3.81. The molecule has 0 bridgehead atoms. The van der Waals surface area contributed by atoms with Gasteiger partial charge in [-0.05, 0) is 24.8 Å². The van der Waals surface area contributed by atoms with E-state index in [2.05, 4.69) is 4.72 Å². The van der Waals surface area contributed by atoms with Crippen molar-refractivity contribution in [3.63, 3.8) is 0 Å². The van der Waals surface area contributed by atoms with Gasteiger partial charge in [0.2, 0.25) is 0 Å². The summed E-state index contributed by atoms with van der Waals surface area (Å²) in [5.41, 5.74) is 0.800. The Balaban J connectivity index is 1.95. The molecule has 21 heavy (non-hydrogen) atoms. The van der Waals surface area contributed by atoms with Gasteiger partial charge in [0.1, 0.15) is 5.75 Å². The second kappa shape index (κ2) is 7.22. The molecular weight excluding hydrogens is 292 g/mol. The maximum absolute atomic E-state index is 12.3. The first-order chi connectivity index (χ1) is 10.1. The number of hydrogen-bond acceptors (Lipinski definition) is 4. The molecule has 0 atom stereocenters.